The number of rotatable bonds is 2. The number of hydrogen-bond donors (Lipinski definition) is 1. The molecule has 0 radical (unpaired) electrons. The Labute approximate surface area is 54.3 Å². The van der Waals surface area contributed by atoms with Crippen molar-refractivity contribution < 1.29 is 13.2 Å². The highest BCUT2D eigenvalue weighted by Crippen LogP contribution is 1.84. The Morgan fingerprint density at radius 2 is 2.11 bits per heavy atom. The average molecular weight is 151 g/mol. The molecule has 0 aromatic rings. The highest BCUT2D eigenvalue weighted by molar-refractivity contribution is 7.91. The molecular formula is C4H9NO3S. The van der Waals surface area contributed by atoms with E-state index in [2.05, 4.69) is 4.74 Å². The first kappa shape index (κ1) is 8.42. The molecule has 4 nitrogen and oxygen atoms in total. The maximum atomic E-state index is 10.4. The molecule has 0 amide bonds. The van der Waals surface area contributed by atoms with Gasteiger partial charge in [-0.1, -0.05) is 0 Å². The number of ether oxygens (including phenoxy) is 1. The third-order valence-electron chi connectivity index (χ3n) is 0.640. The predicted molar refractivity (Wildman–Crippen MR) is 34.4 cm³/mol. The standard InChI is InChI=1S/C4H9NO3S/c1-8-4(5)3-9(2,6)7/h5H,3H2,1-2H3. The van der Waals surface area contributed by atoms with Gasteiger partial charge in [-0.2, -0.15) is 0 Å². The molecule has 9 heavy (non-hydrogen) atoms. The molecule has 0 bridgehead atoms. The van der Waals surface area contributed by atoms with Gasteiger partial charge in [0.2, 0.25) is 0 Å². The topological polar surface area (TPSA) is 67.2 Å². The highest BCUT2D eigenvalue weighted by atomic mass is 32.2. The highest BCUT2D eigenvalue weighted by Gasteiger charge is 2.05. The van der Waals surface area contributed by atoms with Crippen LogP contribution in [0.1, 0.15) is 0 Å². The molecular weight excluding hydrogens is 142 g/mol. The first-order valence-corrected chi connectivity index (χ1v) is 4.31. The minimum Gasteiger partial charge on any atom is -0.484 e. The normalized spacial score (nSPS) is 10.9. The van der Waals surface area contributed by atoms with Crippen molar-refractivity contribution in [1.29, 1.82) is 5.41 Å². The second-order valence-electron chi connectivity index (χ2n) is 1.70. The fourth-order valence-electron chi connectivity index (χ4n) is 0.297. The van der Waals surface area contributed by atoms with Crippen LogP contribution in [0.5, 0.6) is 0 Å². The molecule has 0 aliphatic heterocycles. The molecule has 0 aromatic heterocycles. The van der Waals surface area contributed by atoms with Crippen molar-refractivity contribution in [1.82, 2.24) is 0 Å². The summed E-state index contributed by atoms with van der Waals surface area (Å²) >= 11 is 0. The molecule has 0 spiro atoms. The van der Waals surface area contributed by atoms with E-state index in [1.807, 2.05) is 0 Å². The summed E-state index contributed by atoms with van der Waals surface area (Å²) in [6, 6.07) is 0. The Balaban J connectivity index is 3.91. The van der Waals surface area contributed by atoms with E-state index in [1.54, 1.807) is 0 Å². The maximum absolute atomic E-state index is 10.4. The Hall–Kier alpha value is -0.580. The first-order chi connectivity index (χ1) is 3.95. The lowest BCUT2D eigenvalue weighted by molar-refractivity contribution is 0.396. The van der Waals surface area contributed by atoms with Crippen LogP contribution in [0, 0.1) is 5.41 Å². The van der Waals surface area contributed by atoms with Gasteiger partial charge in [0, 0.05) is 6.26 Å². The SMILES string of the molecule is COC(=N)CS(C)(=O)=O. The monoisotopic (exact) mass is 151 g/mol. The lowest BCUT2D eigenvalue weighted by Crippen LogP contribution is -2.14. The summed E-state index contributed by atoms with van der Waals surface area (Å²) in [6.45, 7) is 0. The second-order valence-corrected chi connectivity index (χ2v) is 3.84. The van der Waals surface area contributed by atoms with Crippen LogP contribution in [0.3, 0.4) is 0 Å². The summed E-state index contributed by atoms with van der Waals surface area (Å²) in [5.74, 6) is -0.541. The fourth-order valence-corrected chi connectivity index (χ4v) is 0.891. The zero-order valence-corrected chi connectivity index (χ0v) is 6.16. The summed E-state index contributed by atoms with van der Waals surface area (Å²) in [6.07, 6.45) is 1.06. The van der Waals surface area contributed by atoms with Crippen LogP contribution in [0.2, 0.25) is 0 Å². The largest absolute Gasteiger partial charge is 0.484 e. The average Bonchev–Trinajstić information content (AvgIpc) is 1.62. The van der Waals surface area contributed by atoms with Gasteiger partial charge < -0.3 is 4.74 Å². The molecule has 0 aliphatic carbocycles. The van der Waals surface area contributed by atoms with E-state index in [0.717, 1.165) is 6.26 Å². The fraction of sp³-hybridized carbons (Fsp3) is 0.750. The number of sulfone groups is 1. The molecule has 0 aliphatic rings. The summed E-state index contributed by atoms with van der Waals surface area (Å²) in [5, 5.41) is 6.79. The zero-order valence-electron chi connectivity index (χ0n) is 5.34. The van der Waals surface area contributed by atoms with Crippen molar-refractivity contribution in [2.45, 2.75) is 0 Å². The van der Waals surface area contributed by atoms with Gasteiger partial charge in [-0.3, -0.25) is 5.41 Å². The molecule has 0 saturated heterocycles. The molecule has 0 fully saturated rings. The Morgan fingerprint density at radius 1 is 1.67 bits per heavy atom. The van der Waals surface area contributed by atoms with E-state index < -0.39 is 9.84 Å². The smallest absolute Gasteiger partial charge is 0.195 e. The maximum Gasteiger partial charge on any atom is 0.195 e. The molecule has 0 rings (SSSR count). The predicted octanol–water partition coefficient (Wildman–Crippen LogP) is -0.345. The van der Waals surface area contributed by atoms with Crippen LogP contribution in [0.4, 0.5) is 0 Å². The molecule has 0 unspecified atom stereocenters. The van der Waals surface area contributed by atoms with Crippen molar-refractivity contribution in [2.75, 3.05) is 19.1 Å². The first-order valence-electron chi connectivity index (χ1n) is 2.25. The van der Waals surface area contributed by atoms with Crippen molar-refractivity contribution in [3.05, 3.63) is 0 Å². The molecule has 0 atom stereocenters. The van der Waals surface area contributed by atoms with Crippen molar-refractivity contribution in [3.8, 4) is 0 Å². The number of hydrogen-bond acceptors (Lipinski definition) is 4. The minimum absolute atomic E-state index is 0.225. The van der Waals surface area contributed by atoms with Gasteiger partial charge in [0.05, 0.1) is 7.11 Å². The van der Waals surface area contributed by atoms with Gasteiger partial charge in [0.1, 0.15) is 5.75 Å². The van der Waals surface area contributed by atoms with E-state index >= 15 is 0 Å². The summed E-state index contributed by atoms with van der Waals surface area (Å²) in [7, 11) is -1.81. The van der Waals surface area contributed by atoms with Gasteiger partial charge in [0.15, 0.2) is 15.7 Å². The van der Waals surface area contributed by atoms with Gasteiger partial charge in [-0.25, -0.2) is 8.42 Å². The molecule has 0 aromatic carbocycles. The molecule has 0 saturated carbocycles. The van der Waals surface area contributed by atoms with E-state index in [-0.39, 0.29) is 11.7 Å². The lowest BCUT2D eigenvalue weighted by Gasteiger charge is -1.97. The molecule has 0 heterocycles. The second kappa shape index (κ2) is 2.82. The summed E-state index contributed by atoms with van der Waals surface area (Å²) in [4.78, 5) is 0. The van der Waals surface area contributed by atoms with Gasteiger partial charge >= 0.3 is 0 Å². The molecule has 54 valence electrons. The Bertz CT molecular complexity index is 194. The Morgan fingerprint density at radius 3 is 2.22 bits per heavy atom. The van der Waals surface area contributed by atoms with Crippen LogP contribution in [0.25, 0.3) is 0 Å². The van der Waals surface area contributed by atoms with Crippen LogP contribution in [0.15, 0.2) is 0 Å². The van der Waals surface area contributed by atoms with Crippen molar-refractivity contribution in [3.63, 3.8) is 0 Å². The Kier molecular flexibility index (Phi) is 2.64. The molecule has 1 N–H and O–H groups in total. The minimum atomic E-state index is -3.09. The van der Waals surface area contributed by atoms with E-state index in [4.69, 9.17) is 5.41 Å². The van der Waals surface area contributed by atoms with Gasteiger partial charge in [-0.15, -0.1) is 0 Å². The molecule has 5 heteroatoms. The number of methoxy groups -OCH3 is 1. The van der Waals surface area contributed by atoms with E-state index in [1.165, 1.54) is 7.11 Å². The third kappa shape index (κ3) is 5.29. The van der Waals surface area contributed by atoms with Crippen LogP contribution < -0.4 is 0 Å². The van der Waals surface area contributed by atoms with Crippen molar-refractivity contribution in [2.24, 2.45) is 0 Å². The third-order valence-corrected chi connectivity index (χ3v) is 1.43. The van der Waals surface area contributed by atoms with Crippen LogP contribution in [-0.4, -0.2) is 33.4 Å². The van der Waals surface area contributed by atoms with Gasteiger partial charge in [-0.05, 0) is 0 Å². The lowest BCUT2D eigenvalue weighted by atomic mass is 10.8. The number of nitrogens with one attached hydrogen (secondary N) is 1. The van der Waals surface area contributed by atoms with E-state index in [0.29, 0.717) is 0 Å². The van der Waals surface area contributed by atoms with Crippen LogP contribution in [-0.2, 0) is 14.6 Å². The summed E-state index contributed by atoms with van der Waals surface area (Å²) < 4.78 is 25.1. The van der Waals surface area contributed by atoms with Crippen molar-refractivity contribution >= 4 is 15.7 Å². The van der Waals surface area contributed by atoms with E-state index in [9.17, 15) is 8.42 Å². The van der Waals surface area contributed by atoms with Crippen LogP contribution >= 0.6 is 0 Å². The quantitative estimate of drug-likeness (QED) is 0.433. The summed E-state index contributed by atoms with van der Waals surface area (Å²) in [5.41, 5.74) is 0. The zero-order chi connectivity index (χ0) is 7.49. The van der Waals surface area contributed by atoms with Gasteiger partial charge in [0.25, 0.3) is 0 Å².